The maximum atomic E-state index is 12.0. The van der Waals surface area contributed by atoms with Crippen molar-refractivity contribution in [3.8, 4) is 0 Å². The van der Waals surface area contributed by atoms with E-state index in [-0.39, 0.29) is 12.6 Å². The van der Waals surface area contributed by atoms with Gasteiger partial charge in [-0.05, 0) is 30.7 Å². The van der Waals surface area contributed by atoms with Crippen molar-refractivity contribution < 1.29 is 14.6 Å². The average Bonchev–Trinajstić information content (AvgIpc) is 3.26. The quantitative estimate of drug-likeness (QED) is 0.687. The van der Waals surface area contributed by atoms with Gasteiger partial charge < -0.3 is 9.84 Å². The lowest BCUT2D eigenvalue weighted by Crippen LogP contribution is -2.53. The second-order valence-electron chi connectivity index (χ2n) is 6.23. The highest BCUT2D eigenvalue weighted by molar-refractivity contribution is 5.81. The van der Waals surface area contributed by atoms with Crippen LogP contribution in [0.2, 0.25) is 0 Å². The van der Waals surface area contributed by atoms with Gasteiger partial charge in [0.25, 0.3) is 0 Å². The van der Waals surface area contributed by atoms with E-state index in [9.17, 15) is 9.90 Å². The van der Waals surface area contributed by atoms with Crippen molar-refractivity contribution in [2.75, 3.05) is 13.2 Å². The zero-order valence-electron chi connectivity index (χ0n) is 12.8. The first-order valence-electron chi connectivity index (χ1n) is 7.69. The van der Waals surface area contributed by atoms with Crippen molar-refractivity contribution >= 4 is 5.97 Å². The standard InChI is InChI=1S/C17H25NO3/c1-13(2)10-11-21-12-17(16(19)20,18-15-8-9-15)14-6-4-3-5-7-14/h3-7,13,15,18H,8-12H2,1-2H3,(H,19,20). The predicted molar refractivity (Wildman–Crippen MR) is 82.2 cm³/mol. The summed E-state index contributed by atoms with van der Waals surface area (Å²) < 4.78 is 5.71. The van der Waals surface area contributed by atoms with Gasteiger partial charge in [0.05, 0.1) is 6.61 Å². The number of aliphatic carboxylic acids is 1. The van der Waals surface area contributed by atoms with Gasteiger partial charge in [0, 0.05) is 12.6 Å². The smallest absolute Gasteiger partial charge is 0.331 e. The maximum absolute atomic E-state index is 12.0. The molecule has 0 radical (unpaired) electrons. The van der Waals surface area contributed by atoms with Crippen LogP contribution in [-0.4, -0.2) is 30.3 Å². The molecule has 1 aliphatic rings. The van der Waals surface area contributed by atoms with Crippen molar-refractivity contribution in [3.63, 3.8) is 0 Å². The minimum absolute atomic E-state index is 0.162. The average molecular weight is 291 g/mol. The Labute approximate surface area is 126 Å². The van der Waals surface area contributed by atoms with Gasteiger partial charge in [-0.2, -0.15) is 0 Å². The van der Waals surface area contributed by atoms with Crippen molar-refractivity contribution in [2.24, 2.45) is 5.92 Å². The van der Waals surface area contributed by atoms with E-state index in [1.165, 1.54) is 0 Å². The minimum atomic E-state index is -1.14. The molecule has 0 saturated heterocycles. The Morgan fingerprint density at radius 1 is 1.38 bits per heavy atom. The second-order valence-corrected chi connectivity index (χ2v) is 6.23. The van der Waals surface area contributed by atoms with Gasteiger partial charge in [-0.15, -0.1) is 0 Å². The molecule has 2 rings (SSSR count). The van der Waals surface area contributed by atoms with Gasteiger partial charge in [-0.3, -0.25) is 5.32 Å². The van der Waals surface area contributed by atoms with Crippen LogP contribution in [0, 0.1) is 5.92 Å². The highest BCUT2D eigenvalue weighted by Crippen LogP contribution is 2.29. The van der Waals surface area contributed by atoms with Gasteiger partial charge >= 0.3 is 5.97 Å². The van der Waals surface area contributed by atoms with E-state index in [1.807, 2.05) is 30.3 Å². The first kappa shape index (κ1) is 16.0. The summed E-state index contributed by atoms with van der Waals surface area (Å²) >= 11 is 0. The Bertz CT molecular complexity index is 456. The molecule has 21 heavy (non-hydrogen) atoms. The van der Waals surface area contributed by atoms with Crippen molar-refractivity contribution in [2.45, 2.75) is 44.7 Å². The van der Waals surface area contributed by atoms with Gasteiger partial charge in [0.1, 0.15) is 0 Å². The molecular weight excluding hydrogens is 266 g/mol. The fourth-order valence-electron chi connectivity index (χ4n) is 2.30. The van der Waals surface area contributed by atoms with Gasteiger partial charge in [-0.25, -0.2) is 4.79 Å². The molecule has 0 heterocycles. The summed E-state index contributed by atoms with van der Waals surface area (Å²) in [5.41, 5.74) is -0.381. The summed E-state index contributed by atoms with van der Waals surface area (Å²) in [6.07, 6.45) is 3.01. The molecule has 1 aromatic rings. The van der Waals surface area contributed by atoms with E-state index < -0.39 is 11.5 Å². The molecule has 1 fully saturated rings. The molecule has 0 bridgehead atoms. The Morgan fingerprint density at radius 3 is 2.57 bits per heavy atom. The number of ether oxygens (including phenoxy) is 1. The van der Waals surface area contributed by atoms with E-state index in [1.54, 1.807) is 0 Å². The number of hydrogen-bond acceptors (Lipinski definition) is 3. The number of carboxylic acids is 1. The molecule has 0 aliphatic heterocycles. The van der Waals surface area contributed by atoms with Crippen LogP contribution in [0.1, 0.15) is 38.7 Å². The predicted octanol–water partition coefficient (Wildman–Crippen LogP) is 2.78. The van der Waals surface area contributed by atoms with E-state index in [0.717, 1.165) is 24.8 Å². The van der Waals surface area contributed by atoms with Crippen molar-refractivity contribution in [1.29, 1.82) is 0 Å². The van der Waals surface area contributed by atoms with Gasteiger partial charge in [0.15, 0.2) is 5.54 Å². The summed E-state index contributed by atoms with van der Waals surface area (Å²) in [5.74, 6) is -0.317. The molecule has 1 aromatic carbocycles. The third kappa shape index (κ3) is 4.29. The molecular formula is C17H25NO3. The highest BCUT2D eigenvalue weighted by Gasteiger charge is 2.44. The van der Waals surface area contributed by atoms with Crippen molar-refractivity contribution in [3.05, 3.63) is 35.9 Å². The SMILES string of the molecule is CC(C)CCOCC(NC1CC1)(C(=O)O)c1ccccc1. The molecule has 1 unspecified atom stereocenters. The summed E-state index contributed by atoms with van der Waals surface area (Å²) in [7, 11) is 0. The summed E-state index contributed by atoms with van der Waals surface area (Å²) in [5, 5.41) is 13.1. The van der Waals surface area contributed by atoms with Crippen LogP contribution in [0.5, 0.6) is 0 Å². The number of hydrogen-bond donors (Lipinski definition) is 2. The number of rotatable bonds is 9. The van der Waals surface area contributed by atoms with Gasteiger partial charge in [0.2, 0.25) is 0 Å². The molecule has 1 aliphatic carbocycles. The third-order valence-corrected chi connectivity index (χ3v) is 3.82. The number of carboxylic acid groups (broad SMARTS) is 1. The fourth-order valence-corrected chi connectivity index (χ4v) is 2.30. The number of benzene rings is 1. The third-order valence-electron chi connectivity index (χ3n) is 3.82. The maximum Gasteiger partial charge on any atom is 0.331 e. The molecule has 116 valence electrons. The Kier molecular flexibility index (Phi) is 5.37. The van der Waals surface area contributed by atoms with E-state index in [2.05, 4.69) is 19.2 Å². The van der Waals surface area contributed by atoms with Crippen LogP contribution < -0.4 is 5.32 Å². The zero-order chi connectivity index (χ0) is 15.3. The summed E-state index contributed by atoms with van der Waals surface area (Å²) in [6, 6.07) is 9.64. The molecule has 4 nitrogen and oxygen atoms in total. The van der Waals surface area contributed by atoms with Crippen LogP contribution in [0.4, 0.5) is 0 Å². The Morgan fingerprint density at radius 2 is 2.05 bits per heavy atom. The minimum Gasteiger partial charge on any atom is -0.480 e. The second kappa shape index (κ2) is 7.05. The topological polar surface area (TPSA) is 58.6 Å². The molecule has 0 amide bonds. The number of carbonyl (C=O) groups is 1. The monoisotopic (exact) mass is 291 g/mol. The molecule has 1 saturated carbocycles. The van der Waals surface area contributed by atoms with Crippen LogP contribution in [0.3, 0.4) is 0 Å². The molecule has 4 heteroatoms. The van der Waals surface area contributed by atoms with Crippen LogP contribution >= 0.6 is 0 Å². The lowest BCUT2D eigenvalue weighted by molar-refractivity contribution is -0.148. The van der Waals surface area contributed by atoms with E-state index in [4.69, 9.17) is 4.74 Å². The Balaban J connectivity index is 2.13. The first-order valence-corrected chi connectivity index (χ1v) is 7.69. The fraction of sp³-hybridized carbons (Fsp3) is 0.588. The summed E-state index contributed by atoms with van der Waals surface area (Å²) in [4.78, 5) is 12.0. The Hall–Kier alpha value is -1.39. The highest BCUT2D eigenvalue weighted by atomic mass is 16.5. The van der Waals surface area contributed by atoms with Crippen LogP contribution in [-0.2, 0) is 15.1 Å². The zero-order valence-corrected chi connectivity index (χ0v) is 12.8. The molecule has 2 N–H and O–H groups in total. The van der Waals surface area contributed by atoms with E-state index >= 15 is 0 Å². The summed E-state index contributed by atoms with van der Waals surface area (Å²) in [6.45, 7) is 5.02. The van der Waals surface area contributed by atoms with Crippen molar-refractivity contribution in [1.82, 2.24) is 5.32 Å². The largest absolute Gasteiger partial charge is 0.480 e. The lowest BCUT2D eigenvalue weighted by atomic mass is 9.90. The van der Waals surface area contributed by atoms with Crippen LogP contribution in [0.25, 0.3) is 0 Å². The molecule has 0 spiro atoms. The molecule has 0 aromatic heterocycles. The van der Waals surface area contributed by atoms with E-state index in [0.29, 0.717) is 12.5 Å². The normalized spacial score (nSPS) is 17.7. The van der Waals surface area contributed by atoms with Gasteiger partial charge in [-0.1, -0.05) is 44.2 Å². The molecule has 1 atom stereocenters. The van der Waals surface area contributed by atoms with Crippen LogP contribution in [0.15, 0.2) is 30.3 Å². The number of nitrogens with one attached hydrogen (secondary N) is 1. The first-order chi connectivity index (χ1) is 10.0. The lowest BCUT2D eigenvalue weighted by Gasteiger charge is -2.31.